The first-order valence-corrected chi connectivity index (χ1v) is 8.86. The summed E-state index contributed by atoms with van der Waals surface area (Å²) in [7, 11) is 0. The zero-order chi connectivity index (χ0) is 19.2. The lowest BCUT2D eigenvalue weighted by atomic mass is 10.1. The van der Waals surface area contributed by atoms with Crippen molar-refractivity contribution in [3.05, 3.63) is 92.4 Å². The van der Waals surface area contributed by atoms with Crippen molar-refractivity contribution in [1.82, 2.24) is 5.32 Å². The van der Waals surface area contributed by atoms with Crippen LogP contribution in [-0.4, -0.2) is 17.4 Å². The Morgan fingerprint density at radius 3 is 2.63 bits per heavy atom. The van der Waals surface area contributed by atoms with Gasteiger partial charge in [-0.3, -0.25) is 14.9 Å². The van der Waals surface area contributed by atoms with Crippen LogP contribution < -0.4 is 10.1 Å². The van der Waals surface area contributed by atoms with Crippen molar-refractivity contribution < 1.29 is 18.8 Å². The Morgan fingerprint density at radius 2 is 1.96 bits per heavy atom. The number of hydrogen-bond donors (Lipinski definition) is 1. The van der Waals surface area contributed by atoms with Crippen LogP contribution in [0, 0.1) is 15.9 Å². The minimum atomic E-state index is -0.533. The van der Waals surface area contributed by atoms with E-state index in [1.807, 2.05) is 17.5 Å². The van der Waals surface area contributed by atoms with Crippen LogP contribution in [0.2, 0.25) is 0 Å². The summed E-state index contributed by atoms with van der Waals surface area (Å²) < 4.78 is 18.6. The van der Waals surface area contributed by atoms with E-state index in [0.29, 0.717) is 0 Å². The summed E-state index contributed by atoms with van der Waals surface area (Å²) in [5.74, 6) is -0.526. The molecule has 0 bridgehead atoms. The third-order valence-electron chi connectivity index (χ3n) is 3.73. The molecule has 0 spiro atoms. The number of non-ortho nitro benzene ring substituents is 1. The van der Waals surface area contributed by atoms with E-state index in [-0.39, 0.29) is 23.9 Å². The van der Waals surface area contributed by atoms with E-state index >= 15 is 0 Å². The zero-order valence-corrected chi connectivity index (χ0v) is 14.8. The van der Waals surface area contributed by atoms with E-state index in [2.05, 4.69) is 5.32 Å². The fourth-order valence-corrected chi connectivity index (χ4v) is 3.27. The highest BCUT2D eigenvalue weighted by Crippen LogP contribution is 2.26. The van der Waals surface area contributed by atoms with Crippen molar-refractivity contribution in [2.75, 3.05) is 6.61 Å². The highest BCUT2D eigenvalue weighted by Gasteiger charge is 2.18. The van der Waals surface area contributed by atoms with Crippen LogP contribution in [0.15, 0.2) is 66.0 Å². The molecule has 1 amide bonds. The summed E-state index contributed by atoms with van der Waals surface area (Å²) in [6, 6.07) is 14.8. The Morgan fingerprint density at radius 1 is 1.19 bits per heavy atom. The number of nitro benzene ring substituents is 1. The SMILES string of the molecule is O=C(COc1cccc([N+](=O)[O-])c1)NC(c1ccc(F)cc1)c1cccs1. The maximum absolute atomic E-state index is 13.2. The van der Waals surface area contributed by atoms with Crippen LogP contribution >= 0.6 is 11.3 Å². The summed E-state index contributed by atoms with van der Waals surface area (Å²) in [4.78, 5) is 23.5. The predicted molar refractivity (Wildman–Crippen MR) is 99.3 cm³/mol. The van der Waals surface area contributed by atoms with Crippen molar-refractivity contribution in [3.8, 4) is 5.75 Å². The van der Waals surface area contributed by atoms with E-state index in [0.717, 1.165) is 10.4 Å². The largest absolute Gasteiger partial charge is 0.484 e. The molecule has 0 radical (unpaired) electrons. The Labute approximate surface area is 158 Å². The average molecular weight is 386 g/mol. The van der Waals surface area contributed by atoms with Gasteiger partial charge in [0.05, 0.1) is 17.0 Å². The zero-order valence-electron chi connectivity index (χ0n) is 14.0. The minimum Gasteiger partial charge on any atom is -0.484 e. The first-order chi connectivity index (χ1) is 13.0. The van der Waals surface area contributed by atoms with E-state index in [1.54, 1.807) is 12.1 Å². The first kappa shape index (κ1) is 18.5. The normalized spacial score (nSPS) is 11.6. The summed E-state index contributed by atoms with van der Waals surface area (Å²) in [5, 5.41) is 15.5. The number of thiophene rings is 1. The van der Waals surface area contributed by atoms with Crippen LogP contribution in [0.1, 0.15) is 16.5 Å². The summed E-state index contributed by atoms with van der Waals surface area (Å²) in [5.41, 5.74) is 0.623. The molecule has 0 saturated carbocycles. The van der Waals surface area contributed by atoms with Crippen LogP contribution in [0.4, 0.5) is 10.1 Å². The fourth-order valence-electron chi connectivity index (χ4n) is 2.47. The van der Waals surface area contributed by atoms with Crippen LogP contribution in [0.25, 0.3) is 0 Å². The highest BCUT2D eigenvalue weighted by atomic mass is 32.1. The number of nitrogens with zero attached hydrogens (tertiary/aromatic N) is 1. The molecule has 0 aliphatic rings. The summed E-state index contributed by atoms with van der Waals surface area (Å²) in [6.45, 7) is -0.301. The van der Waals surface area contributed by atoms with Crippen LogP contribution in [0.5, 0.6) is 5.75 Å². The second kappa shape index (κ2) is 8.41. The number of amides is 1. The highest BCUT2D eigenvalue weighted by molar-refractivity contribution is 7.10. The van der Waals surface area contributed by atoms with Gasteiger partial charge in [-0.1, -0.05) is 24.3 Å². The van der Waals surface area contributed by atoms with Crippen LogP contribution in [0.3, 0.4) is 0 Å². The van der Waals surface area contributed by atoms with Crippen molar-refractivity contribution in [1.29, 1.82) is 0 Å². The lowest BCUT2D eigenvalue weighted by Gasteiger charge is -2.18. The Kier molecular flexibility index (Phi) is 5.77. The summed E-state index contributed by atoms with van der Waals surface area (Å²) >= 11 is 1.47. The number of carbonyl (C=O) groups is 1. The number of ether oxygens (including phenoxy) is 1. The third kappa shape index (κ3) is 4.89. The van der Waals surface area contributed by atoms with Gasteiger partial charge in [0.15, 0.2) is 6.61 Å². The quantitative estimate of drug-likeness (QED) is 0.490. The van der Waals surface area contributed by atoms with Crippen LogP contribution in [-0.2, 0) is 4.79 Å². The molecule has 138 valence electrons. The van der Waals surface area contributed by atoms with Gasteiger partial charge in [0.25, 0.3) is 11.6 Å². The maximum atomic E-state index is 13.2. The monoisotopic (exact) mass is 386 g/mol. The molecule has 1 N–H and O–H groups in total. The van der Waals surface area contributed by atoms with Gasteiger partial charge in [-0.25, -0.2) is 4.39 Å². The number of carbonyl (C=O) groups excluding carboxylic acids is 1. The molecule has 3 aromatic rings. The van der Waals surface area contributed by atoms with Gasteiger partial charge in [0.1, 0.15) is 11.6 Å². The molecule has 0 aliphatic heterocycles. The Hall–Kier alpha value is -3.26. The second-order valence-corrected chi connectivity index (χ2v) is 6.59. The molecular formula is C19H15FN2O4S. The van der Waals surface area contributed by atoms with Gasteiger partial charge in [0.2, 0.25) is 0 Å². The molecule has 0 saturated heterocycles. The first-order valence-electron chi connectivity index (χ1n) is 7.98. The molecule has 0 aliphatic carbocycles. The van der Waals surface area contributed by atoms with Crippen molar-refractivity contribution >= 4 is 22.9 Å². The molecule has 8 heteroatoms. The fraction of sp³-hybridized carbons (Fsp3) is 0.105. The molecule has 3 rings (SSSR count). The molecular weight excluding hydrogens is 371 g/mol. The van der Waals surface area contributed by atoms with Gasteiger partial charge >= 0.3 is 0 Å². The molecule has 1 heterocycles. The minimum absolute atomic E-state index is 0.115. The summed E-state index contributed by atoms with van der Waals surface area (Å²) in [6.07, 6.45) is 0. The maximum Gasteiger partial charge on any atom is 0.273 e. The van der Waals surface area contributed by atoms with E-state index in [4.69, 9.17) is 4.74 Å². The topological polar surface area (TPSA) is 81.5 Å². The van der Waals surface area contributed by atoms with E-state index < -0.39 is 16.9 Å². The Balaban J connectivity index is 1.69. The number of benzene rings is 2. The standard InChI is InChI=1S/C19H15FN2O4S/c20-14-8-6-13(7-9-14)19(17-5-2-10-27-17)21-18(23)12-26-16-4-1-3-15(11-16)22(24)25/h1-11,19H,12H2,(H,21,23). The van der Waals surface area contributed by atoms with Crippen molar-refractivity contribution in [2.45, 2.75) is 6.04 Å². The molecule has 0 fully saturated rings. The molecule has 6 nitrogen and oxygen atoms in total. The van der Waals surface area contributed by atoms with E-state index in [1.165, 1.54) is 47.7 Å². The van der Waals surface area contributed by atoms with Gasteiger partial charge in [-0.05, 0) is 35.2 Å². The van der Waals surface area contributed by atoms with E-state index in [9.17, 15) is 19.3 Å². The molecule has 1 atom stereocenters. The number of nitrogens with one attached hydrogen (secondary N) is 1. The predicted octanol–water partition coefficient (Wildman–Crippen LogP) is 4.08. The lowest BCUT2D eigenvalue weighted by molar-refractivity contribution is -0.384. The average Bonchev–Trinajstić information content (AvgIpc) is 3.20. The second-order valence-electron chi connectivity index (χ2n) is 5.61. The van der Waals surface area contributed by atoms with Gasteiger partial charge in [-0.15, -0.1) is 11.3 Å². The van der Waals surface area contributed by atoms with Gasteiger partial charge in [0, 0.05) is 10.9 Å². The van der Waals surface area contributed by atoms with Crippen molar-refractivity contribution in [2.24, 2.45) is 0 Å². The van der Waals surface area contributed by atoms with Gasteiger partial charge < -0.3 is 10.1 Å². The smallest absolute Gasteiger partial charge is 0.273 e. The van der Waals surface area contributed by atoms with Gasteiger partial charge in [-0.2, -0.15) is 0 Å². The third-order valence-corrected chi connectivity index (χ3v) is 4.67. The lowest BCUT2D eigenvalue weighted by Crippen LogP contribution is -2.32. The number of halogens is 1. The number of hydrogen-bond acceptors (Lipinski definition) is 5. The number of nitro groups is 1. The van der Waals surface area contributed by atoms with Crippen molar-refractivity contribution in [3.63, 3.8) is 0 Å². The molecule has 1 unspecified atom stereocenters. The molecule has 2 aromatic carbocycles. The molecule has 27 heavy (non-hydrogen) atoms. The number of rotatable bonds is 7. The molecule has 1 aromatic heterocycles. The Bertz CT molecular complexity index is 929.